The lowest BCUT2D eigenvalue weighted by Crippen LogP contribution is -2.38. The highest BCUT2D eigenvalue weighted by Gasteiger charge is 2.39. The van der Waals surface area contributed by atoms with Gasteiger partial charge in [0, 0.05) is 36.4 Å². The molecular weight excluding hydrogens is 355 g/mol. The Kier molecular flexibility index (Phi) is 3.25. The molecule has 0 bridgehead atoms. The number of carbonyl (C=O) groups is 1. The van der Waals surface area contributed by atoms with Gasteiger partial charge in [0.15, 0.2) is 5.43 Å². The molecule has 0 aliphatic carbocycles. The van der Waals surface area contributed by atoms with Crippen LogP contribution in [0.15, 0.2) is 47.3 Å². The van der Waals surface area contributed by atoms with Gasteiger partial charge in [0.2, 0.25) is 5.91 Å². The summed E-state index contributed by atoms with van der Waals surface area (Å²) in [5, 5.41) is 0.281. The molecule has 2 aliphatic rings. The van der Waals surface area contributed by atoms with Gasteiger partial charge in [-0.25, -0.2) is 4.39 Å². The third-order valence-corrected chi connectivity index (χ3v) is 5.64. The first-order chi connectivity index (χ1) is 12.6. The van der Waals surface area contributed by atoms with Gasteiger partial charge in [-0.15, -0.1) is 0 Å². The molecule has 2 aliphatic heterocycles. The summed E-state index contributed by atoms with van der Waals surface area (Å²) in [5.41, 5.74) is 1.84. The summed E-state index contributed by atoms with van der Waals surface area (Å²) in [6, 6.07) is 12.2. The smallest absolute Gasteiger partial charge is 0.229 e. The van der Waals surface area contributed by atoms with Gasteiger partial charge in [-0.05, 0) is 17.7 Å². The van der Waals surface area contributed by atoms with Crippen LogP contribution in [0.2, 0.25) is 5.02 Å². The summed E-state index contributed by atoms with van der Waals surface area (Å²) in [4.78, 5) is 27.7. The van der Waals surface area contributed by atoms with Crippen LogP contribution < -0.4 is 10.3 Å². The Bertz CT molecular complexity index is 1140. The lowest BCUT2D eigenvalue weighted by Gasteiger charge is -2.31. The summed E-state index contributed by atoms with van der Waals surface area (Å²) in [7, 11) is 0. The number of rotatable bonds is 1. The molecule has 26 heavy (non-hydrogen) atoms. The minimum absolute atomic E-state index is 0.00422. The minimum atomic E-state index is -0.609. The van der Waals surface area contributed by atoms with Gasteiger partial charge in [0.05, 0.1) is 10.5 Å². The second kappa shape index (κ2) is 5.42. The minimum Gasteiger partial charge on any atom is -0.325 e. The van der Waals surface area contributed by atoms with E-state index < -0.39 is 5.82 Å². The van der Waals surface area contributed by atoms with E-state index in [2.05, 4.69) is 0 Å². The average Bonchev–Trinajstić information content (AvgIpc) is 3.09. The van der Waals surface area contributed by atoms with Crippen LogP contribution >= 0.6 is 11.6 Å². The Morgan fingerprint density at radius 2 is 1.85 bits per heavy atom. The molecule has 1 unspecified atom stereocenters. The molecule has 0 spiro atoms. The quantitative estimate of drug-likeness (QED) is 0.657. The van der Waals surface area contributed by atoms with Crippen molar-refractivity contribution < 1.29 is 9.18 Å². The topological polar surface area (TPSA) is 42.3 Å². The van der Waals surface area contributed by atoms with E-state index in [4.69, 9.17) is 11.6 Å². The number of amides is 1. The summed E-state index contributed by atoms with van der Waals surface area (Å²) >= 11 is 5.95. The number of pyridine rings is 1. The highest BCUT2D eigenvalue weighted by molar-refractivity contribution is 6.31. The fourth-order valence-electron chi connectivity index (χ4n) is 4.18. The maximum absolute atomic E-state index is 14.0. The van der Waals surface area contributed by atoms with Crippen LogP contribution in [0, 0.1) is 5.82 Å². The number of nitrogens with zero attached hydrogens (tertiary/aromatic N) is 2. The molecule has 130 valence electrons. The number of benzene rings is 2. The molecule has 1 aromatic heterocycles. The number of hydrogen-bond acceptors (Lipinski definition) is 2. The monoisotopic (exact) mass is 368 g/mol. The van der Waals surface area contributed by atoms with Crippen molar-refractivity contribution in [2.75, 3.05) is 11.4 Å². The number of anilines is 1. The van der Waals surface area contributed by atoms with Gasteiger partial charge in [-0.3, -0.25) is 14.5 Å². The molecule has 0 fully saturated rings. The third kappa shape index (κ3) is 2.01. The predicted octanol–water partition coefficient (Wildman–Crippen LogP) is 3.68. The fraction of sp³-hybridized carbons (Fsp3) is 0.200. The number of hydrogen-bond donors (Lipinski definition) is 0. The lowest BCUT2D eigenvalue weighted by molar-refractivity contribution is -0.119. The molecule has 1 amide bonds. The molecule has 0 saturated carbocycles. The Hall–Kier alpha value is -2.66. The van der Waals surface area contributed by atoms with Crippen LogP contribution in [-0.2, 0) is 11.3 Å². The van der Waals surface area contributed by atoms with E-state index in [-0.39, 0.29) is 28.7 Å². The molecule has 0 saturated heterocycles. The van der Waals surface area contributed by atoms with Crippen LogP contribution in [0.4, 0.5) is 10.2 Å². The standard InChI is InChI=1S/C20H14ClFN2O2/c21-14-10-16-13(8-15(14)22)19(26)18-12(11-4-2-1-3-5-11)9-17(25)24-7-6-23(16)20(18)24/h1-5,8,10,12H,6-7,9H2. The van der Waals surface area contributed by atoms with Crippen molar-refractivity contribution in [3.05, 3.63) is 74.7 Å². The molecule has 5 rings (SSSR count). The van der Waals surface area contributed by atoms with Gasteiger partial charge < -0.3 is 4.57 Å². The van der Waals surface area contributed by atoms with Crippen molar-refractivity contribution in [3.8, 4) is 0 Å². The summed E-state index contributed by atoms with van der Waals surface area (Å²) < 4.78 is 16.0. The molecular formula is C20H14ClFN2O2. The third-order valence-electron chi connectivity index (χ3n) is 5.35. The van der Waals surface area contributed by atoms with E-state index >= 15 is 0 Å². The lowest BCUT2D eigenvalue weighted by atomic mass is 9.85. The van der Waals surface area contributed by atoms with Crippen LogP contribution in [-0.4, -0.2) is 17.0 Å². The Labute approximate surface area is 153 Å². The molecule has 3 aromatic rings. The first kappa shape index (κ1) is 15.6. The number of fused-ring (bicyclic) bond motifs is 2. The number of halogens is 2. The first-order valence-corrected chi connectivity index (χ1v) is 8.85. The van der Waals surface area contributed by atoms with Gasteiger partial charge in [0.25, 0.3) is 0 Å². The molecule has 0 N–H and O–H groups in total. The molecule has 4 nitrogen and oxygen atoms in total. The van der Waals surface area contributed by atoms with Crippen LogP contribution in [0.3, 0.4) is 0 Å². The van der Waals surface area contributed by atoms with Gasteiger partial charge in [-0.2, -0.15) is 0 Å². The van der Waals surface area contributed by atoms with Crippen molar-refractivity contribution in [2.24, 2.45) is 0 Å². The zero-order valence-corrected chi connectivity index (χ0v) is 14.5. The van der Waals surface area contributed by atoms with E-state index in [9.17, 15) is 14.0 Å². The van der Waals surface area contributed by atoms with Crippen molar-refractivity contribution >= 4 is 34.2 Å². The van der Waals surface area contributed by atoms with E-state index in [1.54, 1.807) is 4.90 Å². The van der Waals surface area contributed by atoms with Crippen LogP contribution in [0.1, 0.15) is 23.5 Å². The van der Waals surface area contributed by atoms with Crippen LogP contribution in [0.25, 0.3) is 10.9 Å². The maximum Gasteiger partial charge on any atom is 0.229 e. The molecule has 1 atom stereocenters. The van der Waals surface area contributed by atoms with E-state index in [1.165, 1.54) is 12.1 Å². The van der Waals surface area contributed by atoms with Crippen LogP contribution in [0.5, 0.6) is 0 Å². The molecule has 3 heterocycles. The molecule has 0 radical (unpaired) electrons. The van der Waals surface area contributed by atoms with E-state index in [0.717, 1.165) is 5.56 Å². The second-order valence-corrected chi connectivity index (χ2v) is 7.12. The Balaban J connectivity index is 1.90. The van der Waals surface area contributed by atoms with Crippen molar-refractivity contribution in [1.29, 1.82) is 0 Å². The summed E-state index contributed by atoms with van der Waals surface area (Å²) in [5.74, 6) is -0.295. The average molecular weight is 369 g/mol. The number of carbonyl (C=O) groups excluding carboxylic acids is 1. The highest BCUT2D eigenvalue weighted by Crippen LogP contribution is 2.42. The highest BCUT2D eigenvalue weighted by atomic mass is 35.5. The summed E-state index contributed by atoms with van der Waals surface area (Å²) in [6.07, 6.45) is 0.244. The zero-order valence-electron chi connectivity index (χ0n) is 13.7. The van der Waals surface area contributed by atoms with Gasteiger partial charge in [-0.1, -0.05) is 41.9 Å². The van der Waals surface area contributed by atoms with Gasteiger partial charge in [0.1, 0.15) is 11.6 Å². The van der Waals surface area contributed by atoms with E-state index in [0.29, 0.717) is 35.4 Å². The first-order valence-electron chi connectivity index (χ1n) is 8.47. The zero-order chi connectivity index (χ0) is 18.0. The van der Waals surface area contributed by atoms with Crippen molar-refractivity contribution in [3.63, 3.8) is 0 Å². The predicted molar refractivity (Wildman–Crippen MR) is 98.4 cm³/mol. The summed E-state index contributed by atoms with van der Waals surface area (Å²) in [6.45, 7) is 1.08. The number of aromatic nitrogens is 1. The van der Waals surface area contributed by atoms with E-state index in [1.807, 2.05) is 34.9 Å². The van der Waals surface area contributed by atoms with Crippen molar-refractivity contribution in [1.82, 2.24) is 4.57 Å². The molecule has 6 heteroatoms. The normalized spacial score (nSPS) is 18.5. The molecule has 2 aromatic carbocycles. The van der Waals surface area contributed by atoms with Gasteiger partial charge >= 0.3 is 0 Å². The Morgan fingerprint density at radius 1 is 1.08 bits per heavy atom. The largest absolute Gasteiger partial charge is 0.325 e. The fourth-order valence-corrected chi connectivity index (χ4v) is 4.34. The van der Waals surface area contributed by atoms with Crippen molar-refractivity contribution in [2.45, 2.75) is 18.9 Å². The Morgan fingerprint density at radius 3 is 2.62 bits per heavy atom. The maximum atomic E-state index is 14.0. The SMILES string of the molecule is O=C1CC(c2ccccc2)c2c3n(c4cc(Cl)c(F)cc4c2=O)CCN13. The second-order valence-electron chi connectivity index (χ2n) is 6.71.